The predicted octanol–water partition coefficient (Wildman–Crippen LogP) is 4.89. The molecule has 1 aromatic carbocycles. The second-order valence-corrected chi connectivity index (χ2v) is 6.58. The van der Waals surface area contributed by atoms with Gasteiger partial charge in [0.05, 0.1) is 17.4 Å². The lowest BCUT2D eigenvalue weighted by atomic mass is 9.96. The zero-order valence-corrected chi connectivity index (χ0v) is 14.9. The summed E-state index contributed by atoms with van der Waals surface area (Å²) in [7, 11) is 0. The van der Waals surface area contributed by atoms with Gasteiger partial charge in [-0.05, 0) is 54.9 Å². The number of nitrogens with zero attached hydrogens (tertiary/aromatic N) is 2. The van der Waals surface area contributed by atoms with Gasteiger partial charge in [0.2, 0.25) is 0 Å². The van der Waals surface area contributed by atoms with Gasteiger partial charge in [-0.15, -0.1) is 19.0 Å². The molecule has 5 heteroatoms. The molecule has 2 heterocycles. The fourth-order valence-electron chi connectivity index (χ4n) is 3.32. The first-order chi connectivity index (χ1) is 11.8. The zero-order valence-electron chi connectivity index (χ0n) is 14.1. The van der Waals surface area contributed by atoms with E-state index in [4.69, 9.17) is 10.7 Å². The lowest BCUT2D eigenvalue weighted by molar-refractivity contribution is 0.659. The first kappa shape index (κ1) is 17.6. The number of H-pyrrole nitrogens is 1. The van der Waals surface area contributed by atoms with Crippen molar-refractivity contribution in [2.45, 2.75) is 37.6 Å². The number of hydrogen-bond acceptors (Lipinski definition) is 3. The Morgan fingerprint density at radius 2 is 2.08 bits per heavy atom. The molecule has 0 amide bonds. The van der Waals surface area contributed by atoms with E-state index < -0.39 is 0 Å². The molecule has 0 spiro atoms. The maximum absolute atomic E-state index is 6.22. The summed E-state index contributed by atoms with van der Waals surface area (Å²) in [6, 6.07) is 8.47. The fourth-order valence-corrected chi connectivity index (χ4v) is 3.32. The van der Waals surface area contributed by atoms with Crippen molar-refractivity contribution in [3.8, 4) is 11.3 Å². The Kier molecular flexibility index (Phi) is 5.21. The van der Waals surface area contributed by atoms with Crippen molar-refractivity contribution < 1.29 is 0 Å². The quantitative estimate of drug-likeness (QED) is 0.619. The second kappa shape index (κ2) is 7.38. The summed E-state index contributed by atoms with van der Waals surface area (Å²) in [6.07, 6.45) is 10.1. The summed E-state index contributed by atoms with van der Waals surface area (Å²) in [4.78, 5) is 4.70. The molecule has 3 aromatic rings. The van der Waals surface area contributed by atoms with E-state index in [0.717, 1.165) is 29.6 Å². The topological polar surface area (TPSA) is 67.6 Å². The molecule has 2 aromatic heterocycles. The molecule has 0 saturated heterocycles. The molecule has 0 bridgehead atoms. The number of nitrogens with one attached hydrogen (secondary N) is 1. The van der Waals surface area contributed by atoms with Crippen molar-refractivity contribution >= 4 is 23.3 Å². The number of pyridine rings is 1. The summed E-state index contributed by atoms with van der Waals surface area (Å²) in [5, 5.41) is 8.50. The number of aromatic nitrogens is 3. The van der Waals surface area contributed by atoms with Crippen LogP contribution in [0, 0.1) is 0 Å². The lowest BCUT2D eigenvalue weighted by Gasteiger charge is -2.13. The predicted molar refractivity (Wildman–Crippen MR) is 105 cm³/mol. The van der Waals surface area contributed by atoms with Crippen molar-refractivity contribution in [3.63, 3.8) is 0 Å². The summed E-state index contributed by atoms with van der Waals surface area (Å²) in [6.45, 7) is 3.75. The van der Waals surface area contributed by atoms with Crippen molar-refractivity contribution in [1.29, 1.82) is 0 Å². The average molecular weight is 355 g/mol. The van der Waals surface area contributed by atoms with E-state index >= 15 is 0 Å². The monoisotopic (exact) mass is 354 g/mol. The third kappa shape index (κ3) is 3.46. The van der Waals surface area contributed by atoms with Crippen molar-refractivity contribution in [1.82, 2.24) is 15.2 Å². The molecule has 1 atom stereocenters. The molecule has 0 aliphatic heterocycles. The first-order valence-corrected chi connectivity index (χ1v) is 8.56. The third-order valence-corrected chi connectivity index (χ3v) is 4.82. The highest BCUT2D eigenvalue weighted by Gasteiger charge is 2.29. The van der Waals surface area contributed by atoms with E-state index in [9.17, 15) is 0 Å². The molecule has 1 saturated carbocycles. The van der Waals surface area contributed by atoms with Crippen LogP contribution in [-0.2, 0) is 0 Å². The fraction of sp³-hybridized carbons (Fsp3) is 0.300. The van der Waals surface area contributed by atoms with Crippen LogP contribution >= 0.6 is 12.4 Å². The number of fused-ring (bicyclic) bond motifs is 1. The Balaban J connectivity index is 0.00000182. The van der Waals surface area contributed by atoms with Gasteiger partial charge in [0.1, 0.15) is 0 Å². The zero-order chi connectivity index (χ0) is 16.5. The first-order valence-electron chi connectivity index (χ1n) is 8.56. The number of aromatic amines is 1. The highest BCUT2D eigenvalue weighted by molar-refractivity contribution is 5.89. The summed E-state index contributed by atoms with van der Waals surface area (Å²) < 4.78 is 0. The minimum Gasteiger partial charge on any atom is -0.324 e. The van der Waals surface area contributed by atoms with Crippen LogP contribution < -0.4 is 5.73 Å². The number of allylic oxidation sites excluding steroid dienone is 1. The van der Waals surface area contributed by atoms with E-state index in [-0.39, 0.29) is 18.4 Å². The molecular formula is C20H23ClN4. The van der Waals surface area contributed by atoms with Crippen LogP contribution in [0.3, 0.4) is 0 Å². The SMILES string of the molecule is C=CCCC(N)c1ccc(-c2ccc3[nH]ncc3c2C2CC2)nc1.Cl. The minimum atomic E-state index is 0. The van der Waals surface area contributed by atoms with Gasteiger partial charge >= 0.3 is 0 Å². The number of benzene rings is 1. The van der Waals surface area contributed by atoms with Crippen molar-refractivity contribution in [2.75, 3.05) is 0 Å². The summed E-state index contributed by atoms with van der Waals surface area (Å²) in [5.41, 5.74) is 12.0. The molecule has 0 radical (unpaired) electrons. The molecule has 130 valence electrons. The van der Waals surface area contributed by atoms with Gasteiger partial charge in [-0.25, -0.2) is 0 Å². The minimum absolute atomic E-state index is 0. The molecule has 4 rings (SSSR count). The highest BCUT2D eigenvalue weighted by Crippen LogP contribution is 2.47. The number of rotatable bonds is 6. The molecule has 1 aliphatic carbocycles. The molecule has 1 fully saturated rings. The Bertz CT molecular complexity index is 865. The van der Waals surface area contributed by atoms with Gasteiger partial charge in [-0.2, -0.15) is 5.10 Å². The van der Waals surface area contributed by atoms with Crippen molar-refractivity contribution in [3.05, 3.63) is 60.4 Å². The van der Waals surface area contributed by atoms with Crippen LogP contribution in [0.5, 0.6) is 0 Å². The molecule has 4 nitrogen and oxygen atoms in total. The van der Waals surface area contributed by atoms with Gasteiger partial charge in [0.15, 0.2) is 0 Å². The number of hydrogen-bond donors (Lipinski definition) is 2. The van der Waals surface area contributed by atoms with E-state index in [1.54, 1.807) is 0 Å². The normalized spacial score (nSPS) is 14.9. The maximum Gasteiger partial charge on any atom is 0.0705 e. The number of nitrogens with two attached hydrogens (primary N) is 1. The Morgan fingerprint density at radius 1 is 1.24 bits per heavy atom. The van der Waals surface area contributed by atoms with Crippen LogP contribution in [0.25, 0.3) is 22.2 Å². The smallest absolute Gasteiger partial charge is 0.0705 e. The van der Waals surface area contributed by atoms with E-state index in [1.807, 2.05) is 18.5 Å². The standard InChI is InChI=1S/C20H22N4.ClH/c1-2-3-4-17(21)14-7-9-18(22-11-14)15-8-10-19-16(12-23-24-19)20(15)13-5-6-13;/h2,7-13,17H,1,3-6,21H2,(H,23,24);1H. The van der Waals surface area contributed by atoms with E-state index in [0.29, 0.717) is 5.92 Å². The van der Waals surface area contributed by atoms with Gasteiger partial charge in [0, 0.05) is 23.2 Å². The number of halogens is 1. The maximum atomic E-state index is 6.22. The summed E-state index contributed by atoms with van der Waals surface area (Å²) >= 11 is 0. The largest absolute Gasteiger partial charge is 0.324 e. The lowest BCUT2D eigenvalue weighted by Crippen LogP contribution is -2.10. The Morgan fingerprint density at radius 3 is 2.76 bits per heavy atom. The average Bonchev–Trinajstić information content (AvgIpc) is 3.35. The highest BCUT2D eigenvalue weighted by atomic mass is 35.5. The van der Waals surface area contributed by atoms with E-state index in [1.165, 1.54) is 29.4 Å². The van der Waals surface area contributed by atoms with Crippen LogP contribution in [0.4, 0.5) is 0 Å². The molecule has 1 unspecified atom stereocenters. The molecule has 3 N–H and O–H groups in total. The van der Waals surface area contributed by atoms with Crippen LogP contribution in [0.2, 0.25) is 0 Å². The van der Waals surface area contributed by atoms with Crippen molar-refractivity contribution in [2.24, 2.45) is 5.73 Å². The molecule has 25 heavy (non-hydrogen) atoms. The van der Waals surface area contributed by atoms with Crippen LogP contribution in [-0.4, -0.2) is 15.2 Å². The van der Waals surface area contributed by atoms with Crippen LogP contribution in [0.1, 0.15) is 48.8 Å². The second-order valence-electron chi connectivity index (χ2n) is 6.58. The van der Waals surface area contributed by atoms with Gasteiger partial charge in [-0.3, -0.25) is 10.1 Å². The Hall–Kier alpha value is -2.17. The Labute approximate surface area is 154 Å². The van der Waals surface area contributed by atoms with Gasteiger partial charge in [-0.1, -0.05) is 18.2 Å². The van der Waals surface area contributed by atoms with Gasteiger partial charge < -0.3 is 5.73 Å². The van der Waals surface area contributed by atoms with E-state index in [2.05, 4.69) is 41.0 Å². The molecule has 1 aliphatic rings. The van der Waals surface area contributed by atoms with Gasteiger partial charge in [0.25, 0.3) is 0 Å². The molecular weight excluding hydrogens is 332 g/mol. The summed E-state index contributed by atoms with van der Waals surface area (Å²) in [5.74, 6) is 0.637. The van der Waals surface area contributed by atoms with Crippen LogP contribution in [0.15, 0.2) is 49.3 Å². The third-order valence-electron chi connectivity index (χ3n) is 4.82.